The first-order valence-electron chi connectivity index (χ1n) is 11.5. The van der Waals surface area contributed by atoms with Crippen LogP contribution in [0.15, 0.2) is 53.3 Å². The number of hydrogen-bond donors (Lipinski definition) is 1. The topological polar surface area (TPSA) is 109 Å². The SMILES string of the molecule is [2H]C([2H])([18F])C([2H])([2H])Oc1ccc(CCCn2ncc3c2nc(N)n2nc(-c4ccco4)nc32)cc1. The average molecular weight is 424 g/mol. The Morgan fingerprint density at radius 3 is 2.81 bits per heavy atom. The van der Waals surface area contributed by atoms with Crippen molar-refractivity contribution in [1.29, 1.82) is 0 Å². The number of furan rings is 1. The molecule has 9 nitrogen and oxygen atoms in total. The molecule has 0 aliphatic heterocycles. The highest BCUT2D eigenvalue weighted by atomic mass is 18.2. The van der Waals surface area contributed by atoms with Crippen LogP contribution in [0.5, 0.6) is 5.75 Å². The maximum atomic E-state index is 13.3. The third-order valence-electron chi connectivity index (χ3n) is 4.80. The van der Waals surface area contributed by atoms with Gasteiger partial charge in [-0.2, -0.15) is 14.6 Å². The van der Waals surface area contributed by atoms with Crippen molar-refractivity contribution >= 4 is 22.6 Å². The van der Waals surface area contributed by atoms with Crippen LogP contribution >= 0.6 is 0 Å². The van der Waals surface area contributed by atoms with Gasteiger partial charge in [-0.3, -0.25) is 0 Å². The van der Waals surface area contributed by atoms with Gasteiger partial charge in [-0.1, -0.05) is 12.1 Å². The molecule has 0 aliphatic rings. The standard InChI is InChI=1S/C21H20FN7O2/c22-9-12-30-15-7-5-14(6-8-15)3-1-10-28-19-16(13-24-28)20-25-18(17-4-2-11-31-17)27-29(20)21(23)26-19/h2,4-8,11,13H,1,3,9-10,12H2,(H2,23,26)/i9D2,12D2,22-1. The minimum absolute atomic E-state index is 0.0317. The fourth-order valence-electron chi connectivity index (χ4n) is 3.37. The lowest BCUT2D eigenvalue weighted by atomic mass is 10.1. The minimum Gasteiger partial charge on any atom is -0.491 e. The number of aryl methyl sites for hydroxylation is 2. The molecule has 2 N–H and O–H groups in total. The zero-order chi connectivity index (χ0) is 24.8. The Kier molecular flexibility index (Phi) is 3.88. The summed E-state index contributed by atoms with van der Waals surface area (Å²) in [5.41, 5.74) is 8.16. The fraction of sp³-hybridized carbons (Fsp3) is 0.238. The number of ether oxygens (including phenoxy) is 1. The van der Waals surface area contributed by atoms with Gasteiger partial charge in [0.1, 0.15) is 18.9 Å². The molecule has 0 fully saturated rings. The normalized spacial score (nSPS) is 14.4. The van der Waals surface area contributed by atoms with E-state index in [9.17, 15) is 4.39 Å². The average Bonchev–Trinajstić information content (AvgIpc) is 3.54. The van der Waals surface area contributed by atoms with Crippen LogP contribution < -0.4 is 10.5 Å². The van der Waals surface area contributed by atoms with Crippen molar-refractivity contribution in [1.82, 2.24) is 29.4 Å². The van der Waals surface area contributed by atoms with Gasteiger partial charge in [0.2, 0.25) is 11.8 Å². The van der Waals surface area contributed by atoms with Crippen molar-refractivity contribution in [3.8, 4) is 17.3 Å². The van der Waals surface area contributed by atoms with Crippen LogP contribution in [0.1, 0.15) is 17.5 Å². The molecule has 0 bridgehead atoms. The van der Waals surface area contributed by atoms with Gasteiger partial charge in [0.25, 0.3) is 0 Å². The molecule has 0 unspecified atom stereocenters. The monoisotopic (exact) mass is 424 g/mol. The van der Waals surface area contributed by atoms with Crippen molar-refractivity contribution in [2.24, 2.45) is 0 Å². The number of rotatable bonds is 8. The van der Waals surface area contributed by atoms with E-state index in [1.54, 1.807) is 41.4 Å². The lowest BCUT2D eigenvalue weighted by Crippen LogP contribution is -2.06. The van der Waals surface area contributed by atoms with E-state index in [4.69, 9.17) is 20.4 Å². The molecule has 0 saturated carbocycles. The maximum Gasteiger partial charge on any atom is 0.225 e. The van der Waals surface area contributed by atoms with Crippen LogP contribution in [-0.4, -0.2) is 42.5 Å². The second kappa shape index (κ2) is 8.05. The summed E-state index contributed by atoms with van der Waals surface area (Å²) < 4.78 is 55.3. The number of nitrogen functional groups attached to an aromatic ring is 1. The number of aromatic nitrogens is 6. The molecule has 0 amide bonds. The van der Waals surface area contributed by atoms with Crippen LogP contribution in [0.25, 0.3) is 28.3 Å². The number of anilines is 1. The number of hydrogen-bond acceptors (Lipinski definition) is 7. The lowest BCUT2D eigenvalue weighted by molar-refractivity contribution is 0.273. The summed E-state index contributed by atoms with van der Waals surface area (Å²) in [5.74, 6) is 1.12. The van der Waals surface area contributed by atoms with E-state index in [0.29, 0.717) is 47.7 Å². The van der Waals surface area contributed by atoms with Crippen LogP contribution in [0.2, 0.25) is 0 Å². The smallest absolute Gasteiger partial charge is 0.225 e. The Bertz CT molecular complexity index is 1480. The Morgan fingerprint density at radius 2 is 2.03 bits per heavy atom. The van der Waals surface area contributed by atoms with E-state index in [1.807, 2.05) is 0 Å². The fourth-order valence-corrected chi connectivity index (χ4v) is 3.37. The number of fused-ring (bicyclic) bond motifs is 3. The van der Waals surface area contributed by atoms with Gasteiger partial charge < -0.3 is 14.9 Å². The van der Waals surface area contributed by atoms with Crippen LogP contribution in [0, 0.1) is 0 Å². The number of benzene rings is 1. The summed E-state index contributed by atoms with van der Waals surface area (Å²) in [7, 11) is 0. The van der Waals surface area contributed by atoms with E-state index in [1.165, 1.54) is 16.6 Å². The Labute approximate surface area is 181 Å². The molecule has 0 atom stereocenters. The number of nitrogens with zero attached hydrogens (tertiary/aromatic N) is 6. The van der Waals surface area contributed by atoms with E-state index < -0.39 is 13.2 Å². The van der Waals surface area contributed by atoms with Gasteiger partial charge in [0.15, 0.2) is 17.1 Å². The molecular formula is C21H20FN7O2. The number of halogens is 1. The third kappa shape index (κ3) is 3.67. The Hall–Kier alpha value is -3.95. The molecule has 158 valence electrons. The quantitative estimate of drug-likeness (QED) is 0.407. The molecule has 10 heteroatoms. The second-order valence-corrected chi connectivity index (χ2v) is 6.77. The van der Waals surface area contributed by atoms with Crippen LogP contribution in [-0.2, 0) is 13.0 Å². The molecule has 0 saturated heterocycles. The van der Waals surface area contributed by atoms with Gasteiger partial charge in [-0.05, 0) is 42.7 Å². The third-order valence-corrected chi connectivity index (χ3v) is 4.80. The molecule has 31 heavy (non-hydrogen) atoms. The summed E-state index contributed by atoms with van der Waals surface area (Å²) >= 11 is 0. The Morgan fingerprint density at radius 1 is 1.16 bits per heavy atom. The largest absolute Gasteiger partial charge is 0.491 e. The summed E-state index contributed by atoms with van der Waals surface area (Å²) in [5, 5.41) is 9.50. The summed E-state index contributed by atoms with van der Waals surface area (Å²) in [6.45, 7) is -6.18. The molecule has 5 aromatic rings. The van der Waals surface area contributed by atoms with Crippen molar-refractivity contribution in [2.75, 3.05) is 18.9 Å². The van der Waals surface area contributed by atoms with E-state index in [0.717, 1.165) is 5.56 Å². The molecule has 0 spiro atoms. The van der Waals surface area contributed by atoms with Crippen molar-refractivity contribution in [2.45, 2.75) is 19.4 Å². The van der Waals surface area contributed by atoms with Crippen LogP contribution in [0.4, 0.5) is 10.3 Å². The second-order valence-electron chi connectivity index (χ2n) is 6.77. The Balaban J connectivity index is 1.28. The van der Waals surface area contributed by atoms with Crippen molar-refractivity contribution < 1.29 is 19.0 Å². The maximum absolute atomic E-state index is 13.3. The van der Waals surface area contributed by atoms with E-state index in [2.05, 4.69) is 20.2 Å². The number of nitrogens with two attached hydrogens (primary N) is 1. The van der Waals surface area contributed by atoms with Crippen molar-refractivity contribution in [3.63, 3.8) is 0 Å². The lowest BCUT2D eigenvalue weighted by Gasteiger charge is -2.06. The zero-order valence-corrected chi connectivity index (χ0v) is 16.2. The first-order chi connectivity index (χ1) is 16.6. The van der Waals surface area contributed by atoms with Gasteiger partial charge >= 0.3 is 0 Å². The molecule has 1 aromatic carbocycles. The van der Waals surface area contributed by atoms with Crippen LogP contribution in [0.3, 0.4) is 0 Å². The van der Waals surface area contributed by atoms with E-state index >= 15 is 0 Å². The molecule has 4 heterocycles. The van der Waals surface area contributed by atoms with Gasteiger partial charge in [0, 0.05) is 6.54 Å². The summed E-state index contributed by atoms with van der Waals surface area (Å²) in [6.07, 6.45) is 4.59. The molecule has 4 aromatic heterocycles. The highest BCUT2D eigenvalue weighted by molar-refractivity contribution is 5.90. The predicted octanol–water partition coefficient (Wildman–Crippen LogP) is 3.30. The first kappa shape index (κ1) is 14.9. The summed E-state index contributed by atoms with van der Waals surface area (Å²) in [6, 6.07) is 9.89. The predicted molar refractivity (Wildman–Crippen MR) is 112 cm³/mol. The molecule has 0 aliphatic carbocycles. The number of alkyl halides is 1. The highest BCUT2D eigenvalue weighted by Gasteiger charge is 2.17. The molecule has 5 rings (SSSR count). The first-order valence-corrected chi connectivity index (χ1v) is 9.51. The van der Waals surface area contributed by atoms with Gasteiger partial charge in [0.05, 0.1) is 23.3 Å². The van der Waals surface area contributed by atoms with Crippen molar-refractivity contribution in [3.05, 3.63) is 54.4 Å². The van der Waals surface area contributed by atoms with Gasteiger partial charge in [-0.15, -0.1) is 5.10 Å². The zero-order valence-electron chi connectivity index (χ0n) is 20.2. The highest BCUT2D eigenvalue weighted by Crippen LogP contribution is 2.23. The van der Waals surface area contributed by atoms with E-state index in [-0.39, 0.29) is 11.7 Å². The molecule has 0 radical (unpaired) electrons. The molecular weight excluding hydrogens is 400 g/mol. The van der Waals surface area contributed by atoms with Gasteiger partial charge in [-0.25, -0.2) is 14.1 Å². The minimum atomic E-state index is -3.63. The summed E-state index contributed by atoms with van der Waals surface area (Å²) in [4.78, 5) is 8.98.